The molecule has 0 heterocycles. The Labute approximate surface area is 186 Å². The highest BCUT2D eigenvalue weighted by Crippen LogP contribution is 2.27. The van der Waals surface area contributed by atoms with Crippen molar-refractivity contribution >= 4 is 29.9 Å². The Morgan fingerprint density at radius 1 is 1.07 bits per heavy atom. The molecule has 0 aliphatic rings. The second-order valence-electron chi connectivity index (χ2n) is 6.06. The SMILES string of the molecule is COc1ccc(CCNC(N)=NCc2cc(C)ccc2OC(F)F)cc1OC.I. The molecular weight excluding hydrogens is 495 g/mol. The van der Waals surface area contributed by atoms with Gasteiger partial charge in [-0.25, -0.2) is 4.99 Å². The summed E-state index contributed by atoms with van der Waals surface area (Å²) in [5.74, 6) is 1.65. The van der Waals surface area contributed by atoms with E-state index in [2.05, 4.69) is 15.0 Å². The maximum Gasteiger partial charge on any atom is 0.387 e. The van der Waals surface area contributed by atoms with Gasteiger partial charge in [0.25, 0.3) is 0 Å². The third-order valence-corrected chi connectivity index (χ3v) is 4.02. The molecule has 0 aliphatic carbocycles. The molecule has 2 aromatic rings. The Hall–Kier alpha value is -2.30. The number of rotatable bonds is 9. The van der Waals surface area contributed by atoms with Gasteiger partial charge in [-0.1, -0.05) is 23.8 Å². The summed E-state index contributed by atoms with van der Waals surface area (Å²) in [6.45, 7) is -0.329. The number of guanidine groups is 1. The molecule has 0 radical (unpaired) electrons. The molecule has 0 saturated carbocycles. The smallest absolute Gasteiger partial charge is 0.387 e. The number of hydrogen-bond acceptors (Lipinski definition) is 4. The zero-order chi connectivity index (χ0) is 20.5. The van der Waals surface area contributed by atoms with Gasteiger partial charge in [-0.15, -0.1) is 24.0 Å². The maximum absolute atomic E-state index is 12.5. The largest absolute Gasteiger partial charge is 0.493 e. The van der Waals surface area contributed by atoms with E-state index in [4.69, 9.17) is 15.2 Å². The molecule has 0 fully saturated rings. The zero-order valence-electron chi connectivity index (χ0n) is 16.6. The van der Waals surface area contributed by atoms with Crippen LogP contribution in [0.1, 0.15) is 16.7 Å². The zero-order valence-corrected chi connectivity index (χ0v) is 18.9. The highest BCUT2D eigenvalue weighted by Gasteiger charge is 2.10. The molecule has 9 heteroatoms. The Bertz CT molecular complexity index is 820. The number of benzene rings is 2. The quantitative estimate of drug-likeness (QED) is 0.298. The van der Waals surface area contributed by atoms with E-state index in [0.717, 1.165) is 11.1 Å². The van der Waals surface area contributed by atoms with E-state index in [0.29, 0.717) is 30.0 Å². The van der Waals surface area contributed by atoms with Crippen LogP contribution in [0.3, 0.4) is 0 Å². The molecule has 0 saturated heterocycles. The third kappa shape index (κ3) is 7.92. The topological polar surface area (TPSA) is 78.1 Å². The van der Waals surface area contributed by atoms with Crippen LogP contribution >= 0.6 is 24.0 Å². The molecule has 160 valence electrons. The van der Waals surface area contributed by atoms with Gasteiger partial charge in [0, 0.05) is 12.1 Å². The van der Waals surface area contributed by atoms with Gasteiger partial charge in [-0.05, 0) is 37.1 Å². The molecule has 0 bridgehead atoms. The fraction of sp³-hybridized carbons (Fsp3) is 0.350. The molecule has 29 heavy (non-hydrogen) atoms. The standard InChI is InChI=1S/C20H25F2N3O3.HI/c1-13-4-6-16(28-19(21)22)15(10-13)12-25-20(23)24-9-8-14-5-7-17(26-2)18(11-14)27-3;/h4-7,10-11,19H,8-9,12H2,1-3H3,(H3,23,24,25);1H. The number of hydrogen-bond donors (Lipinski definition) is 2. The van der Waals surface area contributed by atoms with Crippen molar-refractivity contribution in [2.75, 3.05) is 20.8 Å². The van der Waals surface area contributed by atoms with Gasteiger partial charge in [0.2, 0.25) is 0 Å². The number of methoxy groups -OCH3 is 2. The van der Waals surface area contributed by atoms with Crippen LogP contribution in [0.4, 0.5) is 8.78 Å². The Balaban J connectivity index is 0.00000420. The fourth-order valence-electron chi connectivity index (χ4n) is 2.64. The van der Waals surface area contributed by atoms with E-state index in [1.807, 2.05) is 25.1 Å². The number of aliphatic imine (C=N–C) groups is 1. The Morgan fingerprint density at radius 3 is 2.41 bits per heavy atom. The van der Waals surface area contributed by atoms with E-state index in [1.54, 1.807) is 26.4 Å². The van der Waals surface area contributed by atoms with E-state index in [1.165, 1.54) is 6.07 Å². The van der Waals surface area contributed by atoms with Gasteiger partial charge in [0.1, 0.15) is 5.75 Å². The van der Waals surface area contributed by atoms with Crippen LogP contribution in [-0.4, -0.2) is 33.3 Å². The van der Waals surface area contributed by atoms with Crippen molar-refractivity contribution in [3.05, 3.63) is 53.1 Å². The van der Waals surface area contributed by atoms with Crippen molar-refractivity contribution in [2.24, 2.45) is 10.7 Å². The average molecular weight is 521 g/mol. The summed E-state index contributed by atoms with van der Waals surface area (Å²) < 4.78 is 40.1. The molecular formula is C20H26F2IN3O3. The van der Waals surface area contributed by atoms with Crippen LogP contribution in [0.15, 0.2) is 41.4 Å². The minimum Gasteiger partial charge on any atom is -0.493 e. The minimum atomic E-state index is -2.89. The van der Waals surface area contributed by atoms with Gasteiger partial charge in [-0.3, -0.25) is 0 Å². The van der Waals surface area contributed by atoms with Gasteiger partial charge >= 0.3 is 6.61 Å². The lowest BCUT2D eigenvalue weighted by atomic mass is 10.1. The molecule has 0 aromatic heterocycles. The summed E-state index contributed by atoms with van der Waals surface area (Å²) >= 11 is 0. The first-order valence-corrected chi connectivity index (χ1v) is 8.72. The molecule has 0 spiro atoms. The molecule has 6 nitrogen and oxygen atoms in total. The lowest BCUT2D eigenvalue weighted by Crippen LogP contribution is -2.33. The summed E-state index contributed by atoms with van der Waals surface area (Å²) in [6.07, 6.45) is 0.695. The monoisotopic (exact) mass is 521 g/mol. The molecule has 2 rings (SSSR count). The Kier molecular flexibility index (Phi) is 10.5. The van der Waals surface area contributed by atoms with Gasteiger partial charge in [-0.2, -0.15) is 8.78 Å². The summed E-state index contributed by atoms with van der Waals surface area (Å²) in [5.41, 5.74) is 8.40. The third-order valence-electron chi connectivity index (χ3n) is 4.02. The van der Waals surface area contributed by atoms with Crippen LogP contribution in [0, 0.1) is 6.92 Å². The van der Waals surface area contributed by atoms with Crippen LogP contribution in [0.5, 0.6) is 17.2 Å². The maximum atomic E-state index is 12.5. The number of ether oxygens (including phenoxy) is 3. The van der Waals surface area contributed by atoms with Crippen LogP contribution in [-0.2, 0) is 13.0 Å². The number of nitrogens with one attached hydrogen (secondary N) is 1. The summed E-state index contributed by atoms with van der Waals surface area (Å²) in [5, 5.41) is 3.01. The van der Waals surface area contributed by atoms with Crippen molar-refractivity contribution < 1.29 is 23.0 Å². The number of nitrogens with zero attached hydrogens (tertiary/aromatic N) is 1. The number of nitrogens with two attached hydrogens (primary N) is 1. The summed E-state index contributed by atoms with van der Waals surface area (Å²) in [7, 11) is 3.17. The van der Waals surface area contributed by atoms with E-state index in [-0.39, 0.29) is 42.2 Å². The van der Waals surface area contributed by atoms with Crippen LogP contribution in [0.25, 0.3) is 0 Å². The molecule has 2 aromatic carbocycles. The molecule has 0 unspecified atom stereocenters. The normalized spacial score (nSPS) is 11.0. The first-order valence-electron chi connectivity index (χ1n) is 8.72. The van der Waals surface area contributed by atoms with E-state index < -0.39 is 6.61 Å². The highest BCUT2D eigenvalue weighted by molar-refractivity contribution is 14.0. The second kappa shape index (κ2) is 12.3. The Morgan fingerprint density at radius 2 is 1.76 bits per heavy atom. The summed E-state index contributed by atoms with van der Waals surface area (Å²) in [6, 6.07) is 10.6. The highest BCUT2D eigenvalue weighted by atomic mass is 127. The molecule has 3 N–H and O–H groups in total. The fourth-order valence-corrected chi connectivity index (χ4v) is 2.64. The first-order chi connectivity index (χ1) is 13.4. The van der Waals surface area contributed by atoms with Crippen molar-refractivity contribution in [2.45, 2.75) is 26.5 Å². The van der Waals surface area contributed by atoms with E-state index in [9.17, 15) is 8.78 Å². The van der Waals surface area contributed by atoms with E-state index >= 15 is 0 Å². The number of alkyl halides is 2. The number of aryl methyl sites for hydroxylation is 1. The van der Waals surface area contributed by atoms with Crippen LogP contribution < -0.4 is 25.3 Å². The van der Waals surface area contributed by atoms with Crippen molar-refractivity contribution in [1.29, 1.82) is 0 Å². The lowest BCUT2D eigenvalue weighted by molar-refractivity contribution is -0.0504. The van der Waals surface area contributed by atoms with Gasteiger partial charge in [0.05, 0.1) is 20.8 Å². The van der Waals surface area contributed by atoms with Crippen LogP contribution in [0.2, 0.25) is 0 Å². The van der Waals surface area contributed by atoms with Gasteiger partial charge < -0.3 is 25.3 Å². The number of halogens is 3. The van der Waals surface area contributed by atoms with Crippen molar-refractivity contribution in [3.8, 4) is 17.2 Å². The minimum absolute atomic E-state index is 0. The summed E-state index contributed by atoms with van der Waals surface area (Å²) in [4.78, 5) is 4.21. The molecule has 0 atom stereocenters. The first kappa shape index (κ1) is 24.7. The molecule has 0 amide bonds. The average Bonchev–Trinajstić information content (AvgIpc) is 2.67. The van der Waals surface area contributed by atoms with Crippen molar-refractivity contribution in [1.82, 2.24) is 5.32 Å². The predicted octanol–water partition coefficient (Wildman–Crippen LogP) is 3.88. The lowest BCUT2D eigenvalue weighted by Gasteiger charge is -2.11. The van der Waals surface area contributed by atoms with Gasteiger partial charge in [0.15, 0.2) is 17.5 Å². The predicted molar refractivity (Wildman–Crippen MR) is 120 cm³/mol. The van der Waals surface area contributed by atoms with Crippen molar-refractivity contribution in [3.63, 3.8) is 0 Å². The second-order valence-corrected chi connectivity index (χ2v) is 6.06. The molecule has 0 aliphatic heterocycles.